The number of likely N-dealkylation sites (N-methyl/N-ethyl adjacent to an activating group) is 2. The molecule has 7 heteroatoms. The highest BCUT2D eigenvalue weighted by molar-refractivity contribution is 5.80. The Bertz CT molecular complexity index is 387. The van der Waals surface area contributed by atoms with Crippen molar-refractivity contribution in [3.05, 3.63) is 0 Å². The summed E-state index contributed by atoms with van der Waals surface area (Å²) in [6.45, 7) is 11.4. The highest BCUT2D eigenvalue weighted by Gasteiger charge is 2.22. The minimum atomic E-state index is 0.218. The summed E-state index contributed by atoms with van der Waals surface area (Å²) in [7, 11) is 4.37. The summed E-state index contributed by atoms with van der Waals surface area (Å²) >= 11 is 0. The molecule has 0 aromatic carbocycles. The minimum absolute atomic E-state index is 0.218. The molecule has 0 aromatic rings. The molecule has 0 amide bonds. The number of piperazine rings is 1. The quantitative estimate of drug-likeness (QED) is 0.501. The number of rotatable bonds is 7. The Kier molecular flexibility index (Phi) is 8.24. The fourth-order valence-corrected chi connectivity index (χ4v) is 3.02. The Morgan fingerprint density at radius 1 is 1.38 bits per heavy atom. The average Bonchev–Trinajstić information content (AvgIpc) is 3.07. The Morgan fingerprint density at radius 2 is 2.21 bits per heavy atom. The maximum atomic E-state index is 5.88. The van der Waals surface area contributed by atoms with Crippen LogP contribution in [0.2, 0.25) is 0 Å². The van der Waals surface area contributed by atoms with Gasteiger partial charge in [0.15, 0.2) is 5.96 Å². The number of hydrogen-bond donors (Lipinski definition) is 2. The van der Waals surface area contributed by atoms with Gasteiger partial charge in [-0.3, -0.25) is 9.89 Å². The molecule has 2 aliphatic heterocycles. The fraction of sp³-hybridized carbons (Fsp3) is 0.941. The summed E-state index contributed by atoms with van der Waals surface area (Å²) in [5.74, 6) is 0.873. The topological polar surface area (TPSA) is 61.4 Å². The van der Waals surface area contributed by atoms with Crippen LogP contribution in [0.15, 0.2) is 4.99 Å². The second-order valence-corrected chi connectivity index (χ2v) is 6.98. The molecular formula is C17H35N5O2. The van der Waals surface area contributed by atoms with E-state index in [0.717, 1.165) is 58.3 Å². The van der Waals surface area contributed by atoms with Gasteiger partial charge in [-0.15, -0.1) is 0 Å². The summed E-state index contributed by atoms with van der Waals surface area (Å²) in [6.07, 6.45) is 1.25. The van der Waals surface area contributed by atoms with E-state index in [1.165, 1.54) is 0 Å². The maximum Gasteiger partial charge on any atom is 0.191 e. The van der Waals surface area contributed by atoms with Crippen molar-refractivity contribution in [3.8, 4) is 0 Å². The normalized spacial score (nSPS) is 28.1. The van der Waals surface area contributed by atoms with Crippen molar-refractivity contribution in [2.45, 2.75) is 38.5 Å². The van der Waals surface area contributed by atoms with Crippen LogP contribution in [-0.2, 0) is 9.47 Å². The van der Waals surface area contributed by atoms with Gasteiger partial charge in [-0.25, -0.2) is 0 Å². The van der Waals surface area contributed by atoms with Crippen LogP contribution in [0.25, 0.3) is 0 Å². The summed E-state index contributed by atoms with van der Waals surface area (Å²) in [5.41, 5.74) is 0. The number of nitrogens with one attached hydrogen (secondary N) is 2. The van der Waals surface area contributed by atoms with Crippen molar-refractivity contribution < 1.29 is 9.47 Å². The van der Waals surface area contributed by atoms with Crippen LogP contribution in [0.3, 0.4) is 0 Å². The molecule has 0 spiro atoms. The molecule has 140 valence electrons. The van der Waals surface area contributed by atoms with Gasteiger partial charge in [0.05, 0.1) is 25.9 Å². The van der Waals surface area contributed by atoms with Crippen molar-refractivity contribution in [2.75, 3.05) is 66.6 Å². The van der Waals surface area contributed by atoms with Crippen molar-refractivity contribution in [3.63, 3.8) is 0 Å². The molecule has 0 bridgehead atoms. The standard InChI is InChI=1S/C17H35N5O2/c1-5-18-17(19-10-15-11-21(3)7-8-22(15)4)20-14(2)12-24-16-6-9-23-13-16/h14-16H,5-13H2,1-4H3,(H2,18,19,20). The van der Waals surface area contributed by atoms with Gasteiger partial charge in [0, 0.05) is 44.9 Å². The van der Waals surface area contributed by atoms with E-state index in [2.05, 4.69) is 48.4 Å². The van der Waals surface area contributed by atoms with Gasteiger partial charge in [0.25, 0.3) is 0 Å². The lowest BCUT2D eigenvalue weighted by atomic mass is 10.2. The highest BCUT2D eigenvalue weighted by atomic mass is 16.5. The molecular weight excluding hydrogens is 306 g/mol. The van der Waals surface area contributed by atoms with Crippen LogP contribution in [0.5, 0.6) is 0 Å². The number of aliphatic imine (C=N–C) groups is 1. The second-order valence-electron chi connectivity index (χ2n) is 6.98. The molecule has 7 nitrogen and oxygen atoms in total. The smallest absolute Gasteiger partial charge is 0.191 e. The van der Waals surface area contributed by atoms with Crippen LogP contribution in [-0.4, -0.2) is 101 Å². The van der Waals surface area contributed by atoms with Gasteiger partial charge in [0.2, 0.25) is 0 Å². The summed E-state index contributed by atoms with van der Waals surface area (Å²) in [6, 6.07) is 0.691. The third-order valence-corrected chi connectivity index (χ3v) is 4.64. The first-order valence-electron chi connectivity index (χ1n) is 9.21. The molecule has 0 aliphatic carbocycles. The van der Waals surface area contributed by atoms with Gasteiger partial charge >= 0.3 is 0 Å². The Labute approximate surface area is 146 Å². The molecule has 2 N–H and O–H groups in total. The van der Waals surface area contributed by atoms with Gasteiger partial charge in [0.1, 0.15) is 0 Å². The zero-order chi connectivity index (χ0) is 17.4. The first-order valence-corrected chi connectivity index (χ1v) is 9.21. The van der Waals surface area contributed by atoms with Crippen molar-refractivity contribution in [1.29, 1.82) is 0 Å². The summed E-state index contributed by atoms with van der Waals surface area (Å²) < 4.78 is 11.2. The molecule has 3 unspecified atom stereocenters. The van der Waals surface area contributed by atoms with E-state index in [0.29, 0.717) is 12.6 Å². The Balaban J connectivity index is 1.78. The highest BCUT2D eigenvalue weighted by Crippen LogP contribution is 2.08. The predicted octanol–water partition coefficient (Wildman–Crippen LogP) is -0.0187. The van der Waals surface area contributed by atoms with Crippen LogP contribution in [0.1, 0.15) is 20.3 Å². The van der Waals surface area contributed by atoms with E-state index in [1.54, 1.807) is 0 Å². The molecule has 0 saturated carbocycles. The van der Waals surface area contributed by atoms with E-state index < -0.39 is 0 Å². The number of nitrogens with zero attached hydrogens (tertiary/aromatic N) is 3. The van der Waals surface area contributed by atoms with Gasteiger partial charge in [-0.2, -0.15) is 0 Å². The average molecular weight is 342 g/mol. The summed E-state index contributed by atoms with van der Waals surface area (Å²) in [5, 5.41) is 6.78. The fourth-order valence-electron chi connectivity index (χ4n) is 3.02. The third kappa shape index (κ3) is 6.55. The number of guanidine groups is 1. The molecule has 0 radical (unpaired) electrons. The lowest BCUT2D eigenvalue weighted by molar-refractivity contribution is 0.0347. The predicted molar refractivity (Wildman–Crippen MR) is 97.7 cm³/mol. The lowest BCUT2D eigenvalue weighted by Gasteiger charge is -2.37. The van der Waals surface area contributed by atoms with Gasteiger partial charge in [-0.1, -0.05) is 0 Å². The zero-order valence-electron chi connectivity index (χ0n) is 15.8. The lowest BCUT2D eigenvalue weighted by Crippen LogP contribution is -2.52. The first kappa shape index (κ1) is 19.4. The monoisotopic (exact) mass is 341 g/mol. The van der Waals surface area contributed by atoms with Gasteiger partial charge in [-0.05, 0) is 34.4 Å². The second kappa shape index (κ2) is 10.2. The first-order chi connectivity index (χ1) is 11.6. The van der Waals surface area contributed by atoms with Crippen LogP contribution >= 0.6 is 0 Å². The van der Waals surface area contributed by atoms with E-state index >= 15 is 0 Å². The van der Waals surface area contributed by atoms with E-state index in [-0.39, 0.29) is 12.1 Å². The van der Waals surface area contributed by atoms with Gasteiger partial charge < -0.3 is 25.0 Å². The molecule has 2 saturated heterocycles. The maximum absolute atomic E-state index is 5.88. The van der Waals surface area contributed by atoms with Crippen molar-refractivity contribution in [1.82, 2.24) is 20.4 Å². The minimum Gasteiger partial charge on any atom is -0.379 e. The zero-order valence-corrected chi connectivity index (χ0v) is 15.8. The largest absolute Gasteiger partial charge is 0.379 e. The van der Waals surface area contributed by atoms with Crippen molar-refractivity contribution in [2.24, 2.45) is 4.99 Å². The van der Waals surface area contributed by atoms with E-state index in [9.17, 15) is 0 Å². The van der Waals surface area contributed by atoms with E-state index in [1.807, 2.05) is 0 Å². The van der Waals surface area contributed by atoms with Crippen LogP contribution < -0.4 is 10.6 Å². The molecule has 2 aliphatic rings. The Morgan fingerprint density at radius 3 is 2.92 bits per heavy atom. The molecule has 0 aromatic heterocycles. The molecule has 2 rings (SSSR count). The SMILES string of the molecule is CCNC(=NCC1CN(C)CCN1C)NC(C)COC1CCOC1. The number of ether oxygens (including phenoxy) is 2. The van der Waals surface area contributed by atoms with E-state index in [4.69, 9.17) is 14.5 Å². The molecule has 24 heavy (non-hydrogen) atoms. The van der Waals surface area contributed by atoms with Crippen LogP contribution in [0, 0.1) is 0 Å². The molecule has 3 atom stereocenters. The molecule has 2 heterocycles. The third-order valence-electron chi connectivity index (χ3n) is 4.64. The Hall–Kier alpha value is -0.890. The number of hydrogen-bond acceptors (Lipinski definition) is 5. The molecule has 2 fully saturated rings. The van der Waals surface area contributed by atoms with Crippen LogP contribution in [0.4, 0.5) is 0 Å². The summed E-state index contributed by atoms with van der Waals surface area (Å²) in [4.78, 5) is 9.57. The van der Waals surface area contributed by atoms with Crippen molar-refractivity contribution >= 4 is 5.96 Å².